The zero-order valence-electron chi connectivity index (χ0n) is 8.74. The summed E-state index contributed by atoms with van der Waals surface area (Å²) in [5.41, 5.74) is 0.727. The van der Waals surface area contributed by atoms with E-state index in [1.54, 1.807) is 6.92 Å². The molecule has 82 valence electrons. The van der Waals surface area contributed by atoms with Crippen LogP contribution in [0.15, 0.2) is 18.2 Å². The molecule has 1 fully saturated rings. The third kappa shape index (κ3) is 2.64. The van der Waals surface area contributed by atoms with Gasteiger partial charge in [-0.3, -0.25) is 0 Å². The van der Waals surface area contributed by atoms with E-state index < -0.39 is 6.10 Å². The van der Waals surface area contributed by atoms with E-state index in [2.05, 4.69) is 0 Å². The van der Waals surface area contributed by atoms with E-state index in [1.807, 2.05) is 18.2 Å². The molecule has 1 aromatic carbocycles. The van der Waals surface area contributed by atoms with Gasteiger partial charge in [0.15, 0.2) is 0 Å². The Labute approximate surface area is 94.8 Å². The van der Waals surface area contributed by atoms with Crippen molar-refractivity contribution < 1.29 is 9.84 Å². The minimum Gasteiger partial charge on any atom is -0.492 e. The van der Waals surface area contributed by atoms with E-state index in [1.165, 1.54) is 12.8 Å². The van der Waals surface area contributed by atoms with E-state index in [9.17, 15) is 5.11 Å². The van der Waals surface area contributed by atoms with Crippen LogP contribution < -0.4 is 4.74 Å². The van der Waals surface area contributed by atoms with Gasteiger partial charge in [-0.15, -0.1) is 0 Å². The lowest BCUT2D eigenvalue weighted by atomic mass is 10.1. The molecule has 0 aliphatic heterocycles. The van der Waals surface area contributed by atoms with E-state index >= 15 is 0 Å². The van der Waals surface area contributed by atoms with Crippen LogP contribution in [0.2, 0.25) is 5.02 Å². The van der Waals surface area contributed by atoms with Gasteiger partial charge in [0, 0.05) is 5.56 Å². The van der Waals surface area contributed by atoms with Crippen molar-refractivity contribution in [1.29, 1.82) is 0 Å². The summed E-state index contributed by atoms with van der Waals surface area (Å²) < 4.78 is 5.61. The summed E-state index contributed by atoms with van der Waals surface area (Å²) in [6.07, 6.45) is 1.96. The van der Waals surface area contributed by atoms with E-state index in [0.29, 0.717) is 16.7 Å². The summed E-state index contributed by atoms with van der Waals surface area (Å²) >= 11 is 6.12. The first-order chi connectivity index (χ1) is 7.18. The molecule has 0 spiro atoms. The quantitative estimate of drug-likeness (QED) is 0.855. The third-order valence-corrected chi connectivity index (χ3v) is 3.02. The monoisotopic (exact) mass is 226 g/mol. The van der Waals surface area contributed by atoms with Gasteiger partial charge < -0.3 is 9.84 Å². The number of benzene rings is 1. The lowest BCUT2D eigenvalue weighted by Crippen LogP contribution is -2.01. The topological polar surface area (TPSA) is 29.5 Å². The van der Waals surface area contributed by atoms with Crippen LogP contribution in [0.25, 0.3) is 0 Å². The predicted octanol–water partition coefficient (Wildman–Crippen LogP) is 3.18. The Morgan fingerprint density at radius 1 is 1.53 bits per heavy atom. The van der Waals surface area contributed by atoms with Crippen LogP contribution in [0.1, 0.15) is 31.4 Å². The summed E-state index contributed by atoms with van der Waals surface area (Å²) in [5, 5.41) is 10.0. The third-order valence-electron chi connectivity index (χ3n) is 2.61. The zero-order chi connectivity index (χ0) is 10.8. The first kappa shape index (κ1) is 10.8. The second-order valence-electron chi connectivity index (χ2n) is 4.09. The molecule has 3 heteroatoms. The summed E-state index contributed by atoms with van der Waals surface area (Å²) in [6, 6.07) is 5.52. The van der Waals surface area contributed by atoms with Crippen LogP contribution in [0, 0.1) is 5.92 Å². The minimum absolute atomic E-state index is 0.535. The van der Waals surface area contributed by atoms with Crippen molar-refractivity contribution in [1.82, 2.24) is 0 Å². The average molecular weight is 227 g/mol. The highest BCUT2D eigenvalue weighted by Gasteiger charge is 2.22. The van der Waals surface area contributed by atoms with Gasteiger partial charge in [-0.25, -0.2) is 0 Å². The lowest BCUT2D eigenvalue weighted by molar-refractivity contribution is 0.198. The molecule has 0 bridgehead atoms. The Morgan fingerprint density at radius 3 is 2.87 bits per heavy atom. The molecule has 0 saturated heterocycles. The van der Waals surface area contributed by atoms with Gasteiger partial charge in [-0.1, -0.05) is 23.7 Å². The van der Waals surface area contributed by atoms with Crippen molar-refractivity contribution in [2.75, 3.05) is 6.61 Å². The van der Waals surface area contributed by atoms with Crippen LogP contribution in [0.3, 0.4) is 0 Å². The molecule has 0 radical (unpaired) electrons. The molecule has 1 N–H and O–H groups in total. The smallest absolute Gasteiger partial charge is 0.138 e. The molecule has 15 heavy (non-hydrogen) atoms. The normalized spacial score (nSPS) is 17.5. The second kappa shape index (κ2) is 4.42. The number of rotatable bonds is 4. The average Bonchev–Trinajstić information content (AvgIpc) is 2.99. The van der Waals surface area contributed by atoms with Crippen molar-refractivity contribution in [2.45, 2.75) is 25.9 Å². The molecule has 1 aliphatic rings. The van der Waals surface area contributed by atoms with Crippen LogP contribution in [-0.2, 0) is 0 Å². The fourth-order valence-electron chi connectivity index (χ4n) is 1.45. The maximum atomic E-state index is 9.48. The number of aliphatic hydroxyl groups excluding tert-OH is 1. The molecule has 1 aliphatic carbocycles. The standard InChI is InChI=1S/C12H15ClO2/c1-8(14)10-3-2-4-11(12(10)13)15-7-9-5-6-9/h2-4,8-9,14H,5-7H2,1H3. The molecule has 1 saturated carbocycles. The van der Waals surface area contributed by atoms with Gasteiger partial charge in [0.25, 0.3) is 0 Å². The van der Waals surface area contributed by atoms with E-state index in [4.69, 9.17) is 16.3 Å². The van der Waals surface area contributed by atoms with Crippen LogP contribution in [-0.4, -0.2) is 11.7 Å². The highest BCUT2D eigenvalue weighted by Crippen LogP contribution is 2.34. The Bertz CT molecular complexity index is 345. The minimum atomic E-state index is -0.554. The number of ether oxygens (including phenoxy) is 1. The van der Waals surface area contributed by atoms with Gasteiger partial charge in [-0.2, -0.15) is 0 Å². The molecule has 2 nitrogen and oxygen atoms in total. The molecule has 2 rings (SSSR count). The van der Waals surface area contributed by atoms with Crippen molar-refractivity contribution in [3.8, 4) is 5.75 Å². The second-order valence-corrected chi connectivity index (χ2v) is 4.47. The van der Waals surface area contributed by atoms with Crippen molar-refractivity contribution in [3.63, 3.8) is 0 Å². The summed E-state index contributed by atoms with van der Waals surface area (Å²) in [4.78, 5) is 0. The Balaban J connectivity index is 2.11. The van der Waals surface area contributed by atoms with E-state index in [-0.39, 0.29) is 0 Å². The number of aliphatic hydroxyl groups is 1. The van der Waals surface area contributed by atoms with E-state index in [0.717, 1.165) is 12.2 Å². The molecule has 1 unspecified atom stereocenters. The fraction of sp³-hybridized carbons (Fsp3) is 0.500. The number of hydrogen-bond donors (Lipinski definition) is 1. The van der Waals surface area contributed by atoms with Crippen molar-refractivity contribution in [3.05, 3.63) is 28.8 Å². The summed E-state index contributed by atoms with van der Waals surface area (Å²) in [6.45, 7) is 2.44. The number of halogens is 1. The Kier molecular flexibility index (Phi) is 3.17. The van der Waals surface area contributed by atoms with Crippen LogP contribution in [0.4, 0.5) is 0 Å². The number of hydrogen-bond acceptors (Lipinski definition) is 2. The van der Waals surface area contributed by atoms with Gasteiger partial charge in [0.1, 0.15) is 5.75 Å². The SMILES string of the molecule is CC(O)c1cccc(OCC2CC2)c1Cl. The summed E-state index contributed by atoms with van der Waals surface area (Å²) in [5.74, 6) is 1.39. The molecular weight excluding hydrogens is 212 g/mol. The Hall–Kier alpha value is -0.730. The van der Waals surface area contributed by atoms with Crippen molar-refractivity contribution in [2.24, 2.45) is 5.92 Å². The summed E-state index contributed by atoms with van der Waals surface area (Å²) in [7, 11) is 0. The largest absolute Gasteiger partial charge is 0.492 e. The molecule has 1 atom stereocenters. The van der Waals surface area contributed by atoms with Crippen molar-refractivity contribution >= 4 is 11.6 Å². The lowest BCUT2D eigenvalue weighted by Gasteiger charge is -2.12. The highest BCUT2D eigenvalue weighted by molar-refractivity contribution is 6.32. The highest BCUT2D eigenvalue weighted by atomic mass is 35.5. The molecular formula is C12H15ClO2. The molecule has 0 heterocycles. The van der Waals surface area contributed by atoms with Gasteiger partial charge >= 0.3 is 0 Å². The first-order valence-electron chi connectivity index (χ1n) is 5.27. The van der Waals surface area contributed by atoms with Crippen LogP contribution >= 0.6 is 11.6 Å². The van der Waals surface area contributed by atoms with Gasteiger partial charge in [0.2, 0.25) is 0 Å². The molecule has 0 amide bonds. The van der Waals surface area contributed by atoms with Gasteiger partial charge in [0.05, 0.1) is 17.7 Å². The Morgan fingerprint density at radius 2 is 2.27 bits per heavy atom. The molecule has 0 aromatic heterocycles. The maximum absolute atomic E-state index is 9.48. The first-order valence-corrected chi connectivity index (χ1v) is 5.65. The van der Waals surface area contributed by atoms with Crippen LogP contribution in [0.5, 0.6) is 5.75 Å². The maximum Gasteiger partial charge on any atom is 0.138 e. The zero-order valence-corrected chi connectivity index (χ0v) is 9.50. The van der Waals surface area contributed by atoms with Gasteiger partial charge in [-0.05, 0) is 31.7 Å². The fourth-order valence-corrected chi connectivity index (χ4v) is 1.79. The molecule has 1 aromatic rings. The predicted molar refractivity (Wildman–Crippen MR) is 60.3 cm³/mol.